The number of fused-ring (bicyclic) bond motifs is 10. The predicted octanol–water partition coefficient (Wildman–Crippen LogP) is 0.595. The van der Waals surface area contributed by atoms with Crippen LogP contribution in [0.15, 0.2) is 6.20 Å². The van der Waals surface area contributed by atoms with Gasteiger partial charge >= 0.3 is 29.9 Å². The molecule has 3 amide bonds. The molecule has 5 aliphatic heterocycles. The molecule has 5 saturated heterocycles. The normalized spacial score (nSPS) is 48.9. The molecular weight excluding hydrogens is 971 g/mol. The lowest BCUT2D eigenvalue weighted by Gasteiger charge is -2.67. The number of rotatable bonds is 15. The van der Waals surface area contributed by atoms with Crippen molar-refractivity contribution in [1.82, 2.24) is 30.9 Å². The van der Waals surface area contributed by atoms with E-state index >= 15 is 0 Å². The molecule has 0 aromatic carbocycles. The van der Waals surface area contributed by atoms with Crippen LogP contribution in [0, 0.1) is 57.7 Å². The van der Waals surface area contributed by atoms with Crippen LogP contribution in [0.4, 0.5) is 4.79 Å². The molecule has 5 saturated carbocycles. The number of ether oxygens (including phenoxy) is 6. The Labute approximate surface area is 427 Å². The Balaban J connectivity index is 0.822. The Hall–Kier alpha value is -4.13. The number of urea groups is 1. The fourth-order valence-corrected chi connectivity index (χ4v) is 18.3. The molecule has 1 aromatic rings. The summed E-state index contributed by atoms with van der Waals surface area (Å²) in [5.74, 6) is -9.02. The largest absolute Gasteiger partial charge is 0.462 e. The molecule has 10 aliphatic rings. The third-order valence-corrected chi connectivity index (χ3v) is 21.7. The molecule has 23 heteroatoms. The summed E-state index contributed by atoms with van der Waals surface area (Å²) in [4.78, 5) is 79.6. The number of carbonyl (C=O) groups excluding carboxylic acids is 6. The smallest absolute Gasteiger partial charge is 0.341 e. The topological polar surface area (TPSA) is 318 Å². The lowest BCUT2D eigenvalue weighted by Crippen LogP contribution is -2.76. The summed E-state index contributed by atoms with van der Waals surface area (Å²) in [6.45, 7) is 11.9. The number of hydrogen-bond donors (Lipinski definition) is 7. The highest BCUT2D eigenvalue weighted by molar-refractivity contribution is 8.00. The molecule has 2 unspecified atom stereocenters. The molecule has 402 valence electrons. The number of epoxide rings is 2. The highest BCUT2D eigenvalue weighted by Crippen LogP contribution is 2.81. The number of nitrogens with zero attached hydrogens (tertiary/aromatic N) is 3. The predicted molar refractivity (Wildman–Crippen MR) is 253 cm³/mol. The van der Waals surface area contributed by atoms with Gasteiger partial charge in [0.2, 0.25) is 11.7 Å². The minimum absolute atomic E-state index is 0.0536. The summed E-state index contributed by atoms with van der Waals surface area (Å²) in [6.07, 6.45) is -1.76. The quantitative estimate of drug-likeness (QED) is 0.0416. The number of amides is 3. The van der Waals surface area contributed by atoms with Gasteiger partial charge in [-0.05, 0) is 63.7 Å². The molecule has 8 N–H and O–H groups in total. The fraction of sp³-hybridized carbons (Fsp3) is 0.840. The first kappa shape index (κ1) is 51.0. The number of carbonyl (C=O) groups is 6. The van der Waals surface area contributed by atoms with Crippen LogP contribution < -0.4 is 21.7 Å². The number of esters is 4. The molecule has 1 aromatic heterocycles. The number of aliphatic hydroxyl groups excluding tert-OH is 2. The van der Waals surface area contributed by atoms with Gasteiger partial charge in [0.1, 0.15) is 36.2 Å². The minimum Gasteiger partial charge on any atom is -0.462 e. The Bertz CT molecular complexity index is 2450. The zero-order valence-corrected chi connectivity index (χ0v) is 43.2. The van der Waals surface area contributed by atoms with Gasteiger partial charge in [-0.3, -0.25) is 23.9 Å². The molecule has 24 atom stereocenters. The number of aromatic nitrogens is 3. The molecule has 10 fully saturated rings. The second kappa shape index (κ2) is 17.7. The van der Waals surface area contributed by atoms with Crippen molar-refractivity contribution in [1.29, 1.82) is 0 Å². The lowest BCUT2D eigenvalue weighted by molar-refractivity contribution is -0.284. The maximum absolute atomic E-state index is 14.6. The maximum atomic E-state index is 14.6. The van der Waals surface area contributed by atoms with Crippen LogP contribution in [0.1, 0.15) is 106 Å². The van der Waals surface area contributed by atoms with Gasteiger partial charge in [0.15, 0.2) is 5.60 Å². The summed E-state index contributed by atoms with van der Waals surface area (Å²) in [6, 6.07) is -0.717. The number of nitrogens with one attached hydrogen (secondary N) is 3. The first-order valence-electron chi connectivity index (χ1n) is 26.3. The van der Waals surface area contributed by atoms with E-state index in [1.807, 2.05) is 32.5 Å². The van der Waals surface area contributed by atoms with Gasteiger partial charge in [-0.2, -0.15) is 11.8 Å². The number of aliphatic hydroxyl groups is 3. The van der Waals surface area contributed by atoms with Gasteiger partial charge in [-0.15, -0.1) is 5.10 Å². The van der Waals surface area contributed by atoms with Gasteiger partial charge < -0.3 is 65.4 Å². The van der Waals surface area contributed by atoms with Gasteiger partial charge in [0, 0.05) is 84.8 Å². The van der Waals surface area contributed by atoms with Crippen molar-refractivity contribution in [2.24, 2.45) is 63.4 Å². The molecular formula is C50H71N7O15S. The van der Waals surface area contributed by atoms with Crippen LogP contribution >= 0.6 is 11.8 Å². The van der Waals surface area contributed by atoms with Crippen LogP contribution in [0.25, 0.3) is 0 Å². The van der Waals surface area contributed by atoms with Crippen LogP contribution in [-0.2, 0) is 65.5 Å². The first-order chi connectivity index (χ1) is 34.5. The zero-order chi connectivity index (χ0) is 52.1. The van der Waals surface area contributed by atoms with E-state index in [1.54, 1.807) is 17.8 Å². The monoisotopic (exact) mass is 1040 g/mol. The Morgan fingerprint density at radius 2 is 1.67 bits per heavy atom. The van der Waals surface area contributed by atoms with Crippen LogP contribution in [0.3, 0.4) is 0 Å². The van der Waals surface area contributed by atoms with Crippen molar-refractivity contribution >= 4 is 47.6 Å². The summed E-state index contributed by atoms with van der Waals surface area (Å²) in [5.41, 5.74) is 1.46. The van der Waals surface area contributed by atoms with Crippen LogP contribution in [-0.4, -0.2) is 155 Å². The van der Waals surface area contributed by atoms with Crippen LogP contribution in [0.2, 0.25) is 0 Å². The van der Waals surface area contributed by atoms with E-state index in [-0.39, 0.29) is 43.1 Å². The van der Waals surface area contributed by atoms with Gasteiger partial charge in [-0.25, -0.2) is 9.59 Å². The van der Waals surface area contributed by atoms with Gasteiger partial charge in [-0.1, -0.05) is 32.4 Å². The molecule has 22 nitrogen and oxygen atoms in total. The highest BCUT2D eigenvalue weighted by atomic mass is 32.2. The van der Waals surface area contributed by atoms with Crippen molar-refractivity contribution in [2.75, 3.05) is 5.75 Å². The SMILES string of the molecule is CC(=O)O[C@H]1C2C([C@@H](O)[C@H](N)[C@H]3C[C@@H]4O[C@@H]4[C@H](O)[C@]23C)[C@@H]2[C@@H](OC(=O)CCCCn3cc(CNC(=O)CCCC[C@@H]4SC[C@@H]5NC(=O)N[C@@H]54)nn3)[C@@H]3[C@H]([C@H](C)[C@H]4O[C@]45OC(=O)[C@@](C)(O)[C@]35C)[C@@]2(C)[C@H]1OC(C)=O. The number of nitrogens with two attached hydrogens (primary N) is 1. The second-order valence-corrected chi connectivity index (χ2v) is 25.0. The van der Waals surface area contributed by atoms with Gasteiger partial charge in [0.25, 0.3) is 0 Å². The lowest BCUT2D eigenvalue weighted by atomic mass is 9.40. The van der Waals surface area contributed by atoms with Crippen LogP contribution in [0.5, 0.6) is 0 Å². The Morgan fingerprint density at radius 1 is 0.945 bits per heavy atom. The summed E-state index contributed by atoms with van der Waals surface area (Å²) in [5, 5.41) is 55.2. The van der Waals surface area contributed by atoms with E-state index in [2.05, 4.69) is 26.3 Å². The number of hydrogen-bond acceptors (Lipinski definition) is 19. The third-order valence-electron chi connectivity index (χ3n) is 20.2. The van der Waals surface area contributed by atoms with Crippen molar-refractivity contribution in [3.05, 3.63) is 11.9 Å². The van der Waals surface area contributed by atoms with Crippen molar-refractivity contribution in [3.63, 3.8) is 0 Å². The molecule has 0 bridgehead atoms. The van der Waals surface area contributed by atoms with E-state index in [9.17, 15) is 44.1 Å². The fourth-order valence-electron chi connectivity index (χ4n) is 16.8. The number of aryl methyl sites for hydroxylation is 1. The standard InChI is InChI=1S/C50H71N7O15S/c1-20-31-34(48(6)49(7,66)44(64)72-50(48)42(20)71-50)39(70-29(61)14-10-11-15-57-18-23(55-56-57)17-52-28(60)13-9-8-12-27-36-25(19-73-27)53-45(65)54-36)32-30-33(40(67-21(2)58)43(47(31,32)5)68-22(3)59)46(4)24(35(51)37(30)62)16-26-38(69-26)41(46)63/h18,20,24-27,30-43,62-63,66H,8-17,19,51H2,1-7H3,(H,52,60)(H2,53,54,65)/t20-,24+,25-,26-,27-,30?,31-,32+,33?,34-,35+,36-,37+,38-,39+,40-,41-,42+,43-,46-,47+,48-,49+,50-/m0/s1. The molecule has 6 heterocycles. The van der Waals surface area contributed by atoms with Crippen molar-refractivity contribution in [2.45, 2.75) is 197 Å². The number of unbranched alkanes of at least 4 members (excludes halogenated alkanes) is 2. The first-order valence-corrected chi connectivity index (χ1v) is 27.3. The molecule has 73 heavy (non-hydrogen) atoms. The zero-order valence-electron chi connectivity index (χ0n) is 42.4. The summed E-state index contributed by atoms with van der Waals surface area (Å²) in [7, 11) is 0. The van der Waals surface area contributed by atoms with Crippen molar-refractivity contribution < 1.29 is 72.5 Å². The van der Waals surface area contributed by atoms with E-state index in [1.165, 1.54) is 20.8 Å². The number of thioether (sulfide) groups is 1. The van der Waals surface area contributed by atoms with E-state index in [0.717, 1.165) is 25.0 Å². The average molecular weight is 1040 g/mol. The Morgan fingerprint density at radius 3 is 2.41 bits per heavy atom. The Kier molecular flexibility index (Phi) is 12.4. The van der Waals surface area contributed by atoms with E-state index < -0.39 is 142 Å². The molecule has 11 rings (SSSR count). The maximum Gasteiger partial charge on any atom is 0.341 e. The second-order valence-electron chi connectivity index (χ2n) is 23.8. The minimum atomic E-state index is -2.17. The van der Waals surface area contributed by atoms with E-state index in [4.69, 9.17) is 34.2 Å². The summed E-state index contributed by atoms with van der Waals surface area (Å²) < 4.78 is 39.6. The molecule has 1 spiro atoms. The average Bonchev–Trinajstić information content (AvgIpc) is 4.03. The highest BCUT2D eigenvalue weighted by Gasteiger charge is 2.93. The summed E-state index contributed by atoms with van der Waals surface area (Å²) >= 11 is 1.85. The molecule has 0 radical (unpaired) electrons. The van der Waals surface area contributed by atoms with Gasteiger partial charge in [0.05, 0.1) is 48.6 Å². The third kappa shape index (κ3) is 7.45. The molecule has 5 aliphatic carbocycles. The van der Waals surface area contributed by atoms with Crippen molar-refractivity contribution in [3.8, 4) is 0 Å². The van der Waals surface area contributed by atoms with E-state index in [0.29, 0.717) is 43.2 Å².